The summed E-state index contributed by atoms with van der Waals surface area (Å²) < 4.78 is 0. The van der Waals surface area contributed by atoms with Crippen molar-refractivity contribution in [3.8, 4) is 0 Å². The van der Waals surface area contributed by atoms with E-state index in [9.17, 15) is 14.9 Å². The topological polar surface area (TPSA) is 94.7 Å². The van der Waals surface area contributed by atoms with Crippen molar-refractivity contribution in [2.75, 3.05) is 6.26 Å². The van der Waals surface area contributed by atoms with Crippen LogP contribution in [-0.4, -0.2) is 27.8 Å². The molecule has 0 aliphatic rings. The minimum Gasteiger partial charge on any atom is -0.312 e. The van der Waals surface area contributed by atoms with Gasteiger partial charge in [0.2, 0.25) is 0 Å². The number of nitrogens with zero attached hydrogens (tertiary/aromatic N) is 3. The first kappa shape index (κ1) is 19.2. The number of benzene rings is 2. The molecule has 0 saturated carbocycles. The second-order valence-corrected chi connectivity index (χ2v) is 6.41. The van der Waals surface area contributed by atoms with Crippen LogP contribution >= 0.6 is 11.8 Å². The largest absolute Gasteiger partial charge is 0.366 e. The summed E-state index contributed by atoms with van der Waals surface area (Å²) in [6.07, 6.45) is 5.04. The molecule has 0 aliphatic heterocycles. The number of carbonyl (C=O) groups excluding carboxylic acids is 1. The summed E-state index contributed by atoms with van der Waals surface area (Å²) in [5.41, 5.74) is 1.98. The van der Waals surface area contributed by atoms with Crippen molar-refractivity contribution in [3.05, 3.63) is 99.9 Å². The maximum atomic E-state index is 12.5. The van der Waals surface area contributed by atoms with Crippen LogP contribution in [0.15, 0.2) is 83.1 Å². The Morgan fingerprint density at radius 3 is 2.32 bits per heavy atom. The molecule has 3 rings (SSSR count). The van der Waals surface area contributed by atoms with Gasteiger partial charge in [0.15, 0.2) is 0 Å². The fraction of sp³-hybridized carbons (Fsp3) is 0.0500. The van der Waals surface area contributed by atoms with Crippen LogP contribution in [0.2, 0.25) is 0 Å². The van der Waals surface area contributed by atoms with Gasteiger partial charge in [-0.3, -0.25) is 15.1 Å². The van der Waals surface area contributed by atoms with E-state index in [1.807, 2.05) is 18.4 Å². The highest BCUT2D eigenvalue weighted by Gasteiger charge is 2.15. The second-order valence-electron chi connectivity index (χ2n) is 5.56. The molecule has 7 nitrogen and oxygen atoms in total. The van der Waals surface area contributed by atoms with Crippen molar-refractivity contribution in [3.63, 3.8) is 0 Å². The van der Waals surface area contributed by atoms with E-state index in [-0.39, 0.29) is 5.69 Å². The number of non-ortho nitro benzene ring substituents is 1. The first-order chi connectivity index (χ1) is 13.6. The summed E-state index contributed by atoms with van der Waals surface area (Å²) in [5.74, 6) is -0.585. The van der Waals surface area contributed by atoms with Gasteiger partial charge in [0, 0.05) is 40.5 Å². The summed E-state index contributed by atoms with van der Waals surface area (Å²) in [4.78, 5) is 32.8. The van der Waals surface area contributed by atoms with Gasteiger partial charge in [0.25, 0.3) is 5.69 Å². The number of aromatic nitrogens is 1. The van der Waals surface area contributed by atoms with Crippen molar-refractivity contribution >= 4 is 29.1 Å². The number of thioether (sulfide) groups is 1. The van der Waals surface area contributed by atoms with Crippen molar-refractivity contribution in [1.29, 1.82) is 0 Å². The molecule has 140 valence electrons. The Labute approximate surface area is 165 Å². The molecule has 2 aromatic carbocycles. The average Bonchev–Trinajstić information content (AvgIpc) is 2.74. The lowest BCUT2D eigenvalue weighted by Gasteiger charge is -2.08. The van der Waals surface area contributed by atoms with E-state index in [0.29, 0.717) is 22.4 Å². The highest BCUT2D eigenvalue weighted by molar-refractivity contribution is 7.98. The van der Waals surface area contributed by atoms with Gasteiger partial charge < -0.3 is 4.84 Å². The Hall–Kier alpha value is -3.52. The molecule has 0 bridgehead atoms. The maximum absolute atomic E-state index is 12.5. The van der Waals surface area contributed by atoms with Crippen molar-refractivity contribution in [2.45, 2.75) is 4.90 Å². The lowest BCUT2D eigenvalue weighted by molar-refractivity contribution is -0.384. The van der Waals surface area contributed by atoms with Gasteiger partial charge in [0.05, 0.1) is 10.5 Å². The maximum Gasteiger partial charge on any atom is 0.366 e. The summed E-state index contributed by atoms with van der Waals surface area (Å²) in [5, 5.41) is 14.9. The SMILES string of the molecule is CSc1ccccc1C(=O)ON=C(c1ccncc1)c1ccc([N+](=O)[O-])cc1. The highest BCUT2D eigenvalue weighted by Crippen LogP contribution is 2.21. The third kappa shape index (κ3) is 4.41. The smallest absolute Gasteiger partial charge is 0.312 e. The van der Waals surface area contributed by atoms with Gasteiger partial charge in [-0.15, -0.1) is 11.8 Å². The van der Waals surface area contributed by atoms with E-state index in [1.165, 1.54) is 23.9 Å². The Bertz CT molecular complexity index is 1020. The number of carbonyl (C=O) groups is 1. The van der Waals surface area contributed by atoms with Gasteiger partial charge in [0.1, 0.15) is 5.71 Å². The molecule has 0 aliphatic carbocycles. The molecule has 0 fully saturated rings. The van der Waals surface area contributed by atoms with Crippen LogP contribution in [0.5, 0.6) is 0 Å². The normalized spacial score (nSPS) is 11.1. The van der Waals surface area contributed by atoms with E-state index < -0.39 is 10.9 Å². The van der Waals surface area contributed by atoms with Crippen molar-refractivity contribution < 1.29 is 14.6 Å². The Kier molecular flexibility index (Phi) is 6.13. The van der Waals surface area contributed by atoms with E-state index in [0.717, 1.165) is 4.90 Å². The standard InChI is InChI=1S/C20H15N3O4S/c1-28-18-5-3-2-4-17(18)20(24)27-22-19(15-10-12-21-13-11-15)14-6-8-16(9-7-14)23(25)26/h2-13H,1H3. The monoisotopic (exact) mass is 393 g/mol. The molecular formula is C20H15N3O4S. The first-order valence-corrected chi connectivity index (χ1v) is 9.40. The average molecular weight is 393 g/mol. The fourth-order valence-corrected chi connectivity index (χ4v) is 3.06. The predicted octanol–water partition coefficient (Wildman–Crippen LogP) is 4.32. The first-order valence-electron chi connectivity index (χ1n) is 8.17. The summed E-state index contributed by atoms with van der Waals surface area (Å²) in [7, 11) is 0. The molecule has 1 aromatic heterocycles. The van der Waals surface area contributed by atoms with E-state index in [2.05, 4.69) is 10.1 Å². The Morgan fingerprint density at radius 2 is 1.68 bits per heavy atom. The molecule has 0 unspecified atom stereocenters. The third-order valence-corrected chi connectivity index (χ3v) is 4.65. The zero-order valence-corrected chi connectivity index (χ0v) is 15.6. The van der Waals surface area contributed by atoms with Crippen LogP contribution in [0.3, 0.4) is 0 Å². The number of hydrogen-bond donors (Lipinski definition) is 0. The second kappa shape index (κ2) is 8.92. The molecule has 1 heterocycles. The molecule has 0 saturated heterocycles. The number of hydrogen-bond acceptors (Lipinski definition) is 7. The zero-order valence-electron chi connectivity index (χ0n) is 14.8. The molecule has 0 N–H and O–H groups in total. The van der Waals surface area contributed by atoms with Crippen molar-refractivity contribution in [2.24, 2.45) is 5.16 Å². The van der Waals surface area contributed by atoms with Gasteiger partial charge in [-0.1, -0.05) is 17.3 Å². The van der Waals surface area contributed by atoms with Crippen molar-refractivity contribution in [1.82, 2.24) is 4.98 Å². The van der Waals surface area contributed by atoms with Gasteiger partial charge >= 0.3 is 5.97 Å². The number of oxime groups is 1. The molecule has 3 aromatic rings. The predicted molar refractivity (Wildman–Crippen MR) is 107 cm³/mol. The molecule has 8 heteroatoms. The van der Waals surface area contributed by atoms with Crippen LogP contribution in [0.4, 0.5) is 5.69 Å². The number of pyridine rings is 1. The minimum absolute atomic E-state index is 0.0382. The van der Waals surface area contributed by atoms with E-state index >= 15 is 0 Å². The number of nitro benzene ring substituents is 1. The summed E-state index contributed by atoms with van der Waals surface area (Å²) >= 11 is 1.43. The highest BCUT2D eigenvalue weighted by atomic mass is 32.2. The lowest BCUT2D eigenvalue weighted by Crippen LogP contribution is -2.09. The van der Waals surface area contributed by atoms with Crippen LogP contribution in [0.1, 0.15) is 21.5 Å². The van der Waals surface area contributed by atoms with E-state index in [4.69, 9.17) is 4.84 Å². The number of nitro groups is 1. The van der Waals surface area contributed by atoms with E-state index in [1.54, 1.807) is 48.8 Å². The summed E-state index contributed by atoms with van der Waals surface area (Å²) in [6, 6.07) is 16.4. The quantitative estimate of drug-likeness (QED) is 0.203. The van der Waals surface area contributed by atoms with Gasteiger partial charge in [-0.2, -0.15) is 0 Å². The summed E-state index contributed by atoms with van der Waals surface area (Å²) in [6.45, 7) is 0. The van der Waals surface area contributed by atoms with Crippen LogP contribution in [-0.2, 0) is 4.84 Å². The zero-order chi connectivity index (χ0) is 19.9. The molecule has 0 radical (unpaired) electrons. The molecule has 0 amide bonds. The lowest BCUT2D eigenvalue weighted by atomic mass is 10.0. The van der Waals surface area contributed by atoms with Crippen LogP contribution in [0.25, 0.3) is 0 Å². The Morgan fingerprint density at radius 1 is 1.04 bits per heavy atom. The van der Waals surface area contributed by atoms with Crippen LogP contribution < -0.4 is 0 Å². The Balaban J connectivity index is 1.95. The minimum atomic E-state index is -0.585. The van der Waals surface area contributed by atoms with Crippen LogP contribution in [0, 0.1) is 10.1 Å². The molecular weight excluding hydrogens is 378 g/mol. The molecule has 0 atom stereocenters. The van der Waals surface area contributed by atoms with Gasteiger partial charge in [-0.25, -0.2) is 4.79 Å². The number of rotatable bonds is 6. The third-order valence-electron chi connectivity index (χ3n) is 3.85. The molecule has 28 heavy (non-hydrogen) atoms. The fourth-order valence-electron chi connectivity index (χ4n) is 2.47. The van der Waals surface area contributed by atoms with Gasteiger partial charge in [-0.05, 0) is 42.7 Å². The molecule has 0 spiro atoms.